The summed E-state index contributed by atoms with van der Waals surface area (Å²) in [5.41, 5.74) is -0.120. The van der Waals surface area contributed by atoms with Crippen LogP contribution in [0, 0.1) is 11.3 Å². The molecule has 23 heavy (non-hydrogen) atoms. The van der Waals surface area contributed by atoms with Crippen molar-refractivity contribution < 1.29 is 13.7 Å². The summed E-state index contributed by atoms with van der Waals surface area (Å²) < 4.78 is 17.9. The molecular formula is C16H21N3O3S. The molecule has 2 rings (SSSR count). The highest BCUT2D eigenvalue weighted by molar-refractivity contribution is 7.85. The standard InChI is InChI=1S/C16H21N3O3S/c1-16(2,3)22-15(20)19-8-4-5-13(19)11-23(21)14-9-12(10-17)6-7-18-14/h6-7,9,13H,4-5,8,11H2,1-3H3/t13-,23-/m1/s1. The van der Waals surface area contributed by atoms with Crippen molar-refractivity contribution in [2.24, 2.45) is 0 Å². The number of amides is 1. The van der Waals surface area contributed by atoms with Gasteiger partial charge < -0.3 is 9.64 Å². The predicted molar refractivity (Wildman–Crippen MR) is 86.2 cm³/mol. The normalized spacial score (nSPS) is 19.2. The third kappa shape index (κ3) is 4.76. The lowest BCUT2D eigenvalue weighted by atomic mass is 10.2. The fourth-order valence-electron chi connectivity index (χ4n) is 2.43. The van der Waals surface area contributed by atoms with Crippen molar-refractivity contribution in [1.29, 1.82) is 5.26 Å². The van der Waals surface area contributed by atoms with Gasteiger partial charge in [0.1, 0.15) is 10.6 Å². The van der Waals surface area contributed by atoms with Crippen LogP contribution in [0.2, 0.25) is 0 Å². The highest BCUT2D eigenvalue weighted by Crippen LogP contribution is 2.22. The Kier molecular flexibility index (Phi) is 5.37. The maximum atomic E-state index is 12.5. The number of nitrogens with zero attached hydrogens (tertiary/aromatic N) is 3. The van der Waals surface area contributed by atoms with Crippen LogP contribution in [-0.4, -0.2) is 44.1 Å². The Hall–Kier alpha value is -1.94. The first-order valence-corrected chi connectivity index (χ1v) is 8.86. The van der Waals surface area contributed by atoms with Crippen LogP contribution in [0.4, 0.5) is 4.79 Å². The number of aromatic nitrogens is 1. The minimum absolute atomic E-state index is 0.127. The molecule has 6 nitrogen and oxygen atoms in total. The summed E-state index contributed by atoms with van der Waals surface area (Å²) in [6, 6.07) is 4.99. The molecule has 2 heterocycles. The topological polar surface area (TPSA) is 83.3 Å². The minimum Gasteiger partial charge on any atom is -0.444 e. The average Bonchev–Trinajstić information content (AvgIpc) is 2.93. The predicted octanol–water partition coefficient (Wildman–Crippen LogP) is 2.46. The van der Waals surface area contributed by atoms with Gasteiger partial charge in [-0.25, -0.2) is 9.78 Å². The van der Waals surface area contributed by atoms with Gasteiger partial charge in [-0.1, -0.05) is 0 Å². The highest BCUT2D eigenvalue weighted by atomic mass is 32.2. The third-order valence-electron chi connectivity index (χ3n) is 3.45. The molecule has 0 aromatic carbocycles. The van der Waals surface area contributed by atoms with Gasteiger partial charge >= 0.3 is 6.09 Å². The van der Waals surface area contributed by atoms with Crippen molar-refractivity contribution in [2.75, 3.05) is 12.3 Å². The molecule has 0 spiro atoms. The first-order valence-electron chi connectivity index (χ1n) is 7.54. The molecule has 0 bridgehead atoms. The number of rotatable bonds is 3. The van der Waals surface area contributed by atoms with E-state index in [9.17, 15) is 9.00 Å². The zero-order chi connectivity index (χ0) is 17.0. The summed E-state index contributed by atoms with van der Waals surface area (Å²) in [5, 5.41) is 9.28. The Bertz CT molecular complexity index is 649. The van der Waals surface area contributed by atoms with Crippen LogP contribution in [0.15, 0.2) is 23.4 Å². The van der Waals surface area contributed by atoms with Crippen molar-refractivity contribution in [3.8, 4) is 6.07 Å². The van der Waals surface area contributed by atoms with E-state index in [2.05, 4.69) is 4.98 Å². The monoisotopic (exact) mass is 335 g/mol. The maximum absolute atomic E-state index is 12.5. The SMILES string of the molecule is CC(C)(C)OC(=O)N1CCC[C@@H]1C[S@@](=O)c1cc(C#N)ccn1. The van der Waals surface area contributed by atoms with E-state index in [1.54, 1.807) is 11.0 Å². The van der Waals surface area contributed by atoms with Crippen LogP contribution < -0.4 is 0 Å². The molecule has 7 heteroatoms. The summed E-state index contributed by atoms with van der Waals surface area (Å²) in [6.07, 6.45) is 2.78. The number of pyridine rings is 1. The molecule has 1 aliphatic rings. The largest absolute Gasteiger partial charge is 0.444 e. The van der Waals surface area contributed by atoms with Crippen LogP contribution in [0.25, 0.3) is 0 Å². The van der Waals surface area contributed by atoms with Gasteiger partial charge in [-0.2, -0.15) is 5.26 Å². The molecule has 1 aromatic rings. The van der Waals surface area contributed by atoms with Crippen LogP contribution in [0.3, 0.4) is 0 Å². The van der Waals surface area contributed by atoms with E-state index in [1.165, 1.54) is 12.3 Å². The van der Waals surface area contributed by atoms with Crippen molar-refractivity contribution >= 4 is 16.9 Å². The molecule has 124 valence electrons. The molecule has 0 saturated carbocycles. The number of hydrogen-bond donors (Lipinski definition) is 0. The number of likely N-dealkylation sites (tertiary alicyclic amines) is 1. The number of hydrogen-bond acceptors (Lipinski definition) is 5. The van der Waals surface area contributed by atoms with E-state index in [0.29, 0.717) is 22.9 Å². The Morgan fingerprint density at radius 2 is 2.30 bits per heavy atom. The molecule has 1 amide bonds. The smallest absolute Gasteiger partial charge is 0.410 e. The quantitative estimate of drug-likeness (QED) is 0.847. The second-order valence-electron chi connectivity index (χ2n) is 6.48. The lowest BCUT2D eigenvalue weighted by Gasteiger charge is -2.28. The Morgan fingerprint density at radius 3 is 2.96 bits per heavy atom. The zero-order valence-electron chi connectivity index (χ0n) is 13.6. The van der Waals surface area contributed by atoms with Crippen LogP contribution in [0.5, 0.6) is 0 Å². The van der Waals surface area contributed by atoms with Crippen LogP contribution in [0.1, 0.15) is 39.2 Å². The highest BCUT2D eigenvalue weighted by Gasteiger charge is 2.33. The summed E-state index contributed by atoms with van der Waals surface area (Å²) in [6.45, 7) is 6.09. The zero-order valence-corrected chi connectivity index (χ0v) is 14.4. The molecule has 0 radical (unpaired) electrons. The first kappa shape index (κ1) is 17.4. The van der Waals surface area contributed by atoms with Gasteiger partial charge in [-0.05, 0) is 45.7 Å². The van der Waals surface area contributed by atoms with E-state index < -0.39 is 16.4 Å². The van der Waals surface area contributed by atoms with Gasteiger partial charge in [0.2, 0.25) is 0 Å². The number of ether oxygens (including phenoxy) is 1. The molecule has 2 atom stereocenters. The van der Waals surface area contributed by atoms with Crippen molar-refractivity contribution in [2.45, 2.75) is 50.3 Å². The van der Waals surface area contributed by atoms with Gasteiger partial charge in [-0.15, -0.1) is 0 Å². The number of nitriles is 1. The second kappa shape index (κ2) is 7.09. The fraction of sp³-hybridized carbons (Fsp3) is 0.562. The molecule has 1 fully saturated rings. The summed E-state index contributed by atoms with van der Waals surface area (Å²) in [7, 11) is -1.36. The van der Waals surface area contributed by atoms with Crippen LogP contribution in [-0.2, 0) is 15.5 Å². The van der Waals surface area contributed by atoms with Gasteiger partial charge in [0, 0.05) is 18.8 Å². The van der Waals surface area contributed by atoms with Gasteiger partial charge in [-0.3, -0.25) is 4.21 Å². The average molecular weight is 335 g/mol. The molecular weight excluding hydrogens is 314 g/mol. The maximum Gasteiger partial charge on any atom is 0.410 e. The molecule has 0 N–H and O–H groups in total. The van der Waals surface area contributed by atoms with E-state index in [-0.39, 0.29) is 12.1 Å². The van der Waals surface area contributed by atoms with E-state index in [0.717, 1.165) is 12.8 Å². The third-order valence-corrected chi connectivity index (χ3v) is 4.82. The van der Waals surface area contributed by atoms with E-state index in [1.807, 2.05) is 26.8 Å². The summed E-state index contributed by atoms with van der Waals surface area (Å²) in [5.74, 6) is 0.307. The van der Waals surface area contributed by atoms with Crippen molar-refractivity contribution in [1.82, 2.24) is 9.88 Å². The molecule has 1 aliphatic heterocycles. The molecule has 0 unspecified atom stereocenters. The Balaban J connectivity index is 2.04. The molecule has 1 aromatic heterocycles. The lowest BCUT2D eigenvalue weighted by Crippen LogP contribution is -2.42. The number of carbonyl (C=O) groups is 1. The van der Waals surface area contributed by atoms with Crippen molar-refractivity contribution in [3.05, 3.63) is 23.9 Å². The van der Waals surface area contributed by atoms with Gasteiger partial charge in [0.15, 0.2) is 0 Å². The molecule has 1 saturated heterocycles. The first-order chi connectivity index (χ1) is 10.8. The number of carbonyl (C=O) groups excluding carboxylic acids is 1. The fourth-order valence-corrected chi connectivity index (χ4v) is 3.74. The van der Waals surface area contributed by atoms with E-state index in [4.69, 9.17) is 10.00 Å². The van der Waals surface area contributed by atoms with E-state index >= 15 is 0 Å². The van der Waals surface area contributed by atoms with Crippen LogP contribution >= 0.6 is 0 Å². The van der Waals surface area contributed by atoms with Crippen molar-refractivity contribution in [3.63, 3.8) is 0 Å². The minimum atomic E-state index is -1.36. The van der Waals surface area contributed by atoms with Gasteiger partial charge in [0.25, 0.3) is 0 Å². The summed E-state index contributed by atoms with van der Waals surface area (Å²) in [4.78, 5) is 18.0. The molecule has 0 aliphatic carbocycles. The van der Waals surface area contributed by atoms with Gasteiger partial charge in [0.05, 0.1) is 28.2 Å². The lowest BCUT2D eigenvalue weighted by molar-refractivity contribution is 0.0241. The summed E-state index contributed by atoms with van der Waals surface area (Å²) >= 11 is 0. The Labute approximate surface area is 138 Å². The Morgan fingerprint density at radius 1 is 1.57 bits per heavy atom. The second-order valence-corrected chi connectivity index (χ2v) is 7.92.